The maximum absolute atomic E-state index is 13.9. The van der Waals surface area contributed by atoms with Gasteiger partial charge in [0.1, 0.15) is 5.82 Å². The fraction of sp³-hybridized carbons (Fsp3) is 0.250. The Morgan fingerprint density at radius 2 is 2.23 bits per heavy atom. The van der Waals surface area contributed by atoms with Crippen molar-refractivity contribution in [1.82, 2.24) is 14.7 Å². The lowest BCUT2D eigenvalue weighted by Crippen LogP contribution is -2.25. The van der Waals surface area contributed by atoms with Crippen molar-refractivity contribution < 1.29 is 9.18 Å². The third-order valence-electron chi connectivity index (χ3n) is 3.62. The first-order valence-corrected chi connectivity index (χ1v) is 7.69. The van der Waals surface area contributed by atoms with E-state index in [2.05, 4.69) is 5.10 Å². The summed E-state index contributed by atoms with van der Waals surface area (Å²) in [7, 11) is 3.58. The third-order valence-corrected chi connectivity index (χ3v) is 4.87. The van der Waals surface area contributed by atoms with Crippen LogP contribution in [-0.2, 0) is 13.6 Å². The molecule has 0 saturated heterocycles. The molecule has 22 heavy (non-hydrogen) atoms. The molecule has 0 saturated carbocycles. The van der Waals surface area contributed by atoms with Crippen LogP contribution in [0.5, 0.6) is 0 Å². The summed E-state index contributed by atoms with van der Waals surface area (Å²) in [6.45, 7) is 2.27. The van der Waals surface area contributed by atoms with Crippen LogP contribution in [0.15, 0.2) is 30.6 Å². The van der Waals surface area contributed by atoms with Crippen LogP contribution >= 0.6 is 11.3 Å². The molecule has 0 radical (unpaired) electrons. The van der Waals surface area contributed by atoms with Gasteiger partial charge in [0.15, 0.2) is 0 Å². The smallest absolute Gasteiger partial charge is 0.264 e. The van der Waals surface area contributed by atoms with Crippen molar-refractivity contribution in [2.75, 3.05) is 7.05 Å². The molecule has 114 valence electrons. The molecule has 1 aromatic carbocycles. The van der Waals surface area contributed by atoms with Gasteiger partial charge in [-0.2, -0.15) is 5.10 Å². The monoisotopic (exact) mass is 317 g/mol. The van der Waals surface area contributed by atoms with Crippen LogP contribution < -0.4 is 0 Å². The Balaban J connectivity index is 1.91. The van der Waals surface area contributed by atoms with Crippen LogP contribution in [-0.4, -0.2) is 27.6 Å². The van der Waals surface area contributed by atoms with E-state index in [-0.39, 0.29) is 11.7 Å². The SMILES string of the molecule is Cc1c(C(=O)N(C)Cc2cnn(C)c2)sc2cccc(F)c12. The number of hydrogen-bond donors (Lipinski definition) is 0. The summed E-state index contributed by atoms with van der Waals surface area (Å²) >= 11 is 1.34. The van der Waals surface area contributed by atoms with Gasteiger partial charge in [0.05, 0.1) is 11.1 Å². The van der Waals surface area contributed by atoms with Gasteiger partial charge < -0.3 is 4.90 Å². The number of nitrogens with zero attached hydrogens (tertiary/aromatic N) is 3. The van der Waals surface area contributed by atoms with Crippen molar-refractivity contribution in [3.63, 3.8) is 0 Å². The van der Waals surface area contributed by atoms with Crippen LogP contribution in [0.3, 0.4) is 0 Å². The first kappa shape index (κ1) is 14.7. The zero-order chi connectivity index (χ0) is 15.9. The molecular formula is C16H16FN3OS. The van der Waals surface area contributed by atoms with Crippen LogP contribution in [0.4, 0.5) is 4.39 Å². The Kier molecular flexibility index (Phi) is 3.70. The Morgan fingerprint density at radius 1 is 1.45 bits per heavy atom. The predicted molar refractivity (Wildman–Crippen MR) is 85.5 cm³/mol. The molecule has 1 amide bonds. The number of amides is 1. The highest BCUT2D eigenvalue weighted by atomic mass is 32.1. The molecule has 0 aliphatic rings. The Morgan fingerprint density at radius 3 is 2.86 bits per heavy atom. The van der Waals surface area contributed by atoms with Crippen LogP contribution in [0.25, 0.3) is 10.1 Å². The second-order valence-electron chi connectivity index (χ2n) is 5.35. The molecular weight excluding hydrogens is 301 g/mol. The average Bonchev–Trinajstić information content (AvgIpc) is 3.03. The fourth-order valence-corrected chi connectivity index (χ4v) is 3.75. The van der Waals surface area contributed by atoms with E-state index in [1.165, 1.54) is 17.4 Å². The number of carbonyl (C=O) groups excluding carboxylic acids is 1. The number of hydrogen-bond acceptors (Lipinski definition) is 3. The van der Waals surface area contributed by atoms with E-state index in [0.717, 1.165) is 10.3 Å². The van der Waals surface area contributed by atoms with Gasteiger partial charge in [-0.1, -0.05) is 6.07 Å². The summed E-state index contributed by atoms with van der Waals surface area (Å²) in [5.41, 5.74) is 1.67. The van der Waals surface area contributed by atoms with Gasteiger partial charge in [0.25, 0.3) is 5.91 Å². The van der Waals surface area contributed by atoms with E-state index in [9.17, 15) is 9.18 Å². The molecule has 0 bridgehead atoms. The lowest BCUT2D eigenvalue weighted by Gasteiger charge is -2.15. The standard InChI is InChI=1S/C16H16FN3OS/c1-10-14-12(17)5-4-6-13(14)22-15(10)16(21)19(2)8-11-7-18-20(3)9-11/h4-7,9H,8H2,1-3H3. The first-order chi connectivity index (χ1) is 10.5. The molecule has 3 aromatic rings. The summed E-state index contributed by atoms with van der Waals surface area (Å²) in [5, 5.41) is 4.64. The van der Waals surface area contributed by atoms with E-state index in [0.29, 0.717) is 22.4 Å². The predicted octanol–water partition coefficient (Wildman–Crippen LogP) is 3.35. The minimum atomic E-state index is -0.278. The molecule has 0 N–H and O–H groups in total. The van der Waals surface area contributed by atoms with Crippen molar-refractivity contribution >= 4 is 27.3 Å². The van der Waals surface area contributed by atoms with Crippen molar-refractivity contribution in [1.29, 1.82) is 0 Å². The molecule has 4 nitrogen and oxygen atoms in total. The Hall–Kier alpha value is -2.21. The number of rotatable bonds is 3. The summed E-state index contributed by atoms with van der Waals surface area (Å²) in [5.74, 6) is -0.373. The molecule has 0 fully saturated rings. The summed E-state index contributed by atoms with van der Waals surface area (Å²) in [4.78, 5) is 14.9. The largest absolute Gasteiger partial charge is 0.337 e. The fourth-order valence-electron chi connectivity index (χ4n) is 2.53. The molecule has 2 aromatic heterocycles. The molecule has 0 aliphatic heterocycles. The van der Waals surface area contributed by atoms with E-state index in [1.54, 1.807) is 35.8 Å². The molecule has 0 spiro atoms. The van der Waals surface area contributed by atoms with Gasteiger partial charge in [0.2, 0.25) is 0 Å². The van der Waals surface area contributed by atoms with Gasteiger partial charge in [-0.15, -0.1) is 11.3 Å². The highest BCUT2D eigenvalue weighted by molar-refractivity contribution is 7.21. The molecule has 3 rings (SSSR count). The highest BCUT2D eigenvalue weighted by Crippen LogP contribution is 2.33. The topological polar surface area (TPSA) is 38.1 Å². The quantitative estimate of drug-likeness (QED) is 0.743. The number of fused-ring (bicyclic) bond motifs is 1. The summed E-state index contributed by atoms with van der Waals surface area (Å²) < 4.78 is 16.4. The number of benzene rings is 1. The first-order valence-electron chi connectivity index (χ1n) is 6.88. The summed E-state index contributed by atoms with van der Waals surface area (Å²) in [6.07, 6.45) is 3.61. The van der Waals surface area contributed by atoms with Crippen molar-refractivity contribution in [3.05, 3.63) is 52.4 Å². The van der Waals surface area contributed by atoms with Crippen LogP contribution in [0.1, 0.15) is 20.8 Å². The maximum Gasteiger partial charge on any atom is 0.264 e. The van der Waals surface area contributed by atoms with E-state index in [4.69, 9.17) is 0 Å². The second-order valence-corrected chi connectivity index (χ2v) is 6.40. The Labute approximate surface area is 131 Å². The number of halogens is 1. The second kappa shape index (κ2) is 5.53. The molecule has 0 aliphatic carbocycles. The van der Waals surface area contributed by atoms with Gasteiger partial charge in [0, 0.05) is 42.5 Å². The number of aromatic nitrogens is 2. The van der Waals surface area contributed by atoms with E-state index >= 15 is 0 Å². The van der Waals surface area contributed by atoms with Crippen LogP contribution in [0, 0.1) is 12.7 Å². The van der Waals surface area contributed by atoms with Gasteiger partial charge >= 0.3 is 0 Å². The summed E-state index contributed by atoms with van der Waals surface area (Å²) in [6, 6.07) is 4.94. The minimum Gasteiger partial charge on any atom is -0.337 e. The third kappa shape index (κ3) is 2.50. The van der Waals surface area contributed by atoms with E-state index < -0.39 is 0 Å². The highest BCUT2D eigenvalue weighted by Gasteiger charge is 2.20. The zero-order valence-electron chi connectivity index (χ0n) is 12.6. The van der Waals surface area contributed by atoms with Crippen LogP contribution in [0.2, 0.25) is 0 Å². The van der Waals surface area contributed by atoms with E-state index in [1.807, 2.05) is 19.3 Å². The van der Waals surface area contributed by atoms with Gasteiger partial charge in [-0.05, 0) is 24.6 Å². The lowest BCUT2D eigenvalue weighted by atomic mass is 10.1. The lowest BCUT2D eigenvalue weighted by molar-refractivity contribution is 0.0789. The molecule has 0 unspecified atom stereocenters. The number of carbonyl (C=O) groups is 1. The Bertz CT molecular complexity index is 852. The van der Waals surface area contributed by atoms with Crippen molar-refractivity contribution in [2.45, 2.75) is 13.5 Å². The normalized spacial score (nSPS) is 11.1. The van der Waals surface area contributed by atoms with Crippen molar-refractivity contribution in [3.8, 4) is 0 Å². The van der Waals surface area contributed by atoms with Gasteiger partial charge in [-0.25, -0.2) is 4.39 Å². The average molecular weight is 317 g/mol. The molecule has 6 heteroatoms. The molecule has 0 atom stereocenters. The van der Waals surface area contributed by atoms with Gasteiger partial charge in [-0.3, -0.25) is 9.48 Å². The van der Waals surface area contributed by atoms with Crippen molar-refractivity contribution in [2.24, 2.45) is 7.05 Å². The zero-order valence-corrected chi connectivity index (χ0v) is 13.4. The number of thiophene rings is 1. The molecule has 2 heterocycles. The number of aryl methyl sites for hydroxylation is 2. The minimum absolute atomic E-state index is 0.0954. The maximum atomic E-state index is 13.9.